The highest BCUT2D eigenvalue weighted by atomic mass is 15.2. The molecule has 1 saturated heterocycles. The highest BCUT2D eigenvalue weighted by Crippen LogP contribution is 2.26. The highest BCUT2D eigenvalue weighted by Gasteiger charge is 2.18. The van der Waals surface area contributed by atoms with Crippen molar-refractivity contribution in [1.82, 2.24) is 14.9 Å². The van der Waals surface area contributed by atoms with Crippen LogP contribution in [0.2, 0.25) is 0 Å². The summed E-state index contributed by atoms with van der Waals surface area (Å²) in [4.78, 5) is 14.3. The van der Waals surface area contributed by atoms with Gasteiger partial charge >= 0.3 is 0 Å². The van der Waals surface area contributed by atoms with Gasteiger partial charge in [-0.05, 0) is 45.8 Å². The average molecular weight is 354 g/mol. The molecule has 140 valence electrons. The second-order valence-corrected chi connectivity index (χ2v) is 7.55. The standard InChI is InChI=1S/C21H31N5/c1-17-10-14-26(15-11-17)20-16-19(22-12-7-13-25(2)3)23-21(24-20)18-8-5-4-6-9-18/h4-6,8-9,16-17H,7,10-15H2,1-3H3,(H,22,23,24). The zero-order valence-electron chi connectivity index (χ0n) is 16.3. The normalized spacial score (nSPS) is 15.5. The van der Waals surface area contributed by atoms with Gasteiger partial charge < -0.3 is 15.1 Å². The van der Waals surface area contributed by atoms with E-state index in [9.17, 15) is 0 Å². The number of anilines is 2. The van der Waals surface area contributed by atoms with Gasteiger partial charge in [-0.3, -0.25) is 0 Å². The molecule has 5 nitrogen and oxygen atoms in total. The van der Waals surface area contributed by atoms with Crippen molar-refractivity contribution >= 4 is 11.6 Å². The summed E-state index contributed by atoms with van der Waals surface area (Å²) in [6.45, 7) is 6.48. The number of nitrogens with zero attached hydrogens (tertiary/aromatic N) is 4. The number of nitrogens with one attached hydrogen (secondary N) is 1. The molecule has 0 amide bonds. The average Bonchev–Trinajstić information content (AvgIpc) is 2.66. The van der Waals surface area contributed by atoms with E-state index in [0.717, 1.165) is 61.5 Å². The van der Waals surface area contributed by atoms with E-state index in [1.165, 1.54) is 12.8 Å². The Hall–Kier alpha value is -2.14. The predicted molar refractivity (Wildman–Crippen MR) is 110 cm³/mol. The van der Waals surface area contributed by atoms with E-state index >= 15 is 0 Å². The summed E-state index contributed by atoms with van der Waals surface area (Å²) in [6.07, 6.45) is 3.56. The lowest BCUT2D eigenvalue weighted by Crippen LogP contribution is -2.33. The molecule has 0 bridgehead atoms. The molecule has 1 fully saturated rings. The van der Waals surface area contributed by atoms with Crippen LogP contribution in [-0.4, -0.2) is 55.1 Å². The SMILES string of the molecule is CC1CCN(c2cc(NCCCN(C)C)nc(-c3ccccc3)n2)CC1. The van der Waals surface area contributed by atoms with Gasteiger partial charge in [0.1, 0.15) is 11.6 Å². The maximum absolute atomic E-state index is 4.88. The van der Waals surface area contributed by atoms with E-state index < -0.39 is 0 Å². The molecular formula is C21H31N5. The Labute approximate surface area is 157 Å². The smallest absolute Gasteiger partial charge is 0.163 e. The van der Waals surface area contributed by atoms with Crippen LogP contribution in [0.25, 0.3) is 11.4 Å². The first kappa shape index (κ1) is 18.6. The minimum atomic E-state index is 0.803. The van der Waals surface area contributed by atoms with E-state index in [1.807, 2.05) is 18.2 Å². The van der Waals surface area contributed by atoms with Crippen LogP contribution in [0.1, 0.15) is 26.2 Å². The monoisotopic (exact) mass is 353 g/mol. The molecule has 26 heavy (non-hydrogen) atoms. The fourth-order valence-electron chi connectivity index (χ4n) is 3.25. The van der Waals surface area contributed by atoms with E-state index in [2.05, 4.69) is 54.3 Å². The molecule has 5 heteroatoms. The molecule has 0 spiro atoms. The summed E-state index contributed by atoms with van der Waals surface area (Å²) in [7, 11) is 4.21. The van der Waals surface area contributed by atoms with Crippen molar-refractivity contribution in [2.75, 3.05) is 50.5 Å². The molecule has 0 aliphatic carbocycles. The summed E-state index contributed by atoms with van der Waals surface area (Å²) in [5.41, 5.74) is 1.07. The van der Waals surface area contributed by atoms with Crippen LogP contribution >= 0.6 is 0 Å². The van der Waals surface area contributed by atoms with E-state index in [1.54, 1.807) is 0 Å². The zero-order chi connectivity index (χ0) is 18.4. The number of rotatable bonds is 7. The number of aromatic nitrogens is 2. The lowest BCUT2D eigenvalue weighted by molar-refractivity contribution is 0.405. The molecule has 1 aromatic carbocycles. The van der Waals surface area contributed by atoms with Crippen molar-refractivity contribution in [3.8, 4) is 11.4 Å². The van der Waals surface area contributed by atoms with Crippen molar-refractivity contribution < 1.29 is 0 Å². The van der Waals surface area contributed by atoms with Gasteiger partial charge in [0.25, 0.3) is 0 Å². The van der Waals surface area contributed by atoms with Crippen LogP contribution in [0.4, 0.5) is 11.6 Å². The number of hydrogen-bond acceptors (Lipinski definition) is 5. The van der Waals surface area contributed by atoms with Gasteiger partial charge in [0.15, 0.2) is 5.82 Å². The molecule has 0 radical (unpaired) electrons. The molecule has 3 rings (SSSR count). The first-order valence-electron chi connectivity index (χ1n) is 9.70. The fraction of sp³-hybridized carbons (Fsp3) is 0.524. The molecule has 0 atom stereocenters. The van der Waals surface area contributed by atoms with Gasteiger partial charge in [0.05, 0.1) is 0 Å². The Morgan fingerprint density at radius 1 is 1.12 bits per heavy atom. The van der Waals surface area contributed by atoms with Crippen LogP contribution < -0.4 is 10.2 Å². The lowest BCUT2D eigenvalue weighted by Gasteiger charge is -2.31. The minimum absolute atomic E-state index is 0.803. The molecule has 0 saturated carbocycles. The van der Waals surface area contributed by atoms with E-state index in [0.29, 0.717) is 0 Å². The molecular weight excluding hydrogens is 322 g/mol. The van der Waals surface area contributed by atoms with Gasteiger partial charge in [0, 0.05) is 31.3 Å². The van der Waals surface area contributed by atoms with Crippen molar-refractivity contribution in [1.29, 1.82) is 0 Å². The maximum atomic E-state index is 4.88. The van der Waals surface area contributed by atoms with Crippen LogP contribution in [0.3, 0.4) is 0 Å². The summed E-state index contributed by atoms with van der Waals surface area (Å²) in [5, 5.41) is 3.49. The van der Waals surface area contributed by atoms with E-state index in [-0.39, 0.29) is 0 Å². The zero-order valence-corrected chi connectivity index (χ0v) is 16.3. The fourth-order valence-corrected chi connectivity index (χ4v) is 3.25. The van der Waals surface area contributed by atoms with Crippen molar-refractivity contribution in [2.24, 2.45) is 5.92 Å². The second-order valence-electron chi connectivity index (χ2n) is 7.55. The third kappa shape index (κ3) is 5.18. The Balaban J connectivity index is 1.80. The van der Waals surface area contributed by atoms with Crippen LogP contribution in [-0.2, 0) is 0 Å². The first-order chi connectivity index (χ1) is 12.6. The predicted octanol–water partition coefficient (Wildman–Crippen LogP) is 3.74. The number of benzene rings is 1. The maximum Gasteiger partial charge on any atom is 0.163 e. The molecule has 1 aliphatic rings. The lowest BCUT2D eigenvalue weighted by atomic mass is 9.99. The summed E-state index contributed by atoms with van der Waals surface area (Å²) < 4.78 is 0. The van der Waals surface area contributed by atoms with Gasteiger partial charge in [-0.1, -0.05) is 37.3 Å². The van der Waals surface area contributed by atoms with E-state index in [4.69, 9.17) is 9.97 Å². The van der Waals surface area contributed by atoms with Crippen molar-refractivity contribution in [2.45, 2.75) is 26.2 Å². The molecule has 1 N–H and O–H groups in total. The molecule has 2 aromatic rings. The Morgan fingerprint density at radius 2 is 1.85 bits per heavy atom. The Morgan fingerprint density at radius 3 is 2.54 bits per heavy atom. The largest absolute Gasteiger partial charge is 0.370 e. The highest BCUT2D eigenvalue weighted by molar-refractivity contribution is 5.61. The minimum Gasteiger partial charge on any atom is -0.370 e. The van der Waals surface area contributed by atoms with Crippen molar-refractivity contribution in [3.63, 3.8) is 0 Å². The Kier molecular flexibility index (Phi) is 6.45. The quantitative estimate of drug-likeness (QED) is 0.768. The first-order valence-corrected chi connectivity index (χ1v) is 9.70. The third-order valence-corrected chi connectivity index (χ3v) is 4.94. The van der Waals surface area contributed by atoms with Gasteiger partial charge in [-0.2, -0.15) is 0 Å². The van der Waals surface area contributed by atoms with Gasteiger partial charge in [0.2, 0.25) is 0 Å². The van der Waals surface area contributed by atoms with Gasteiger partial charge in [-0.15, -0.1) is 0 Å². The van der Waals surface area contributed by atoms with Crippen LogP contribution in [0.5, 0.6) is 0 Å². The molecule has 0 unspecified atom stereocenters. The Bertz CT molecular complexity index is 678. The second kappa shape index (κ2) is 8.99. The van der Waals surface area contributed by atoms with Crippen LogP contribution in [0.15, 0.2) is 36.4 Å². The molecule has 1 aromatic heterocycles. The number of piperidine rings is 1. The van der Waals surface area contributed by atoms with Crippen molar-refractivity contribution in [3.05, 3.63) is 36.4 Å². The molecule has 1 aliphatic heterocycles. The topological polar surface area (TPSA) is 44.3 Å². The summed E-state index contributed by atoms with van der Waals surface area (Å²) >= 11 is 0. The third-order valence-electron chi connectivity index (χ3n) is 4.94. The van der Waals surface area contributed by atoms with Crippen LogP contribution in [0, 0.1) is 5.92 Å². The molecule has 2 heterocycles. The number of hydrogen-bond donors (Lipinski definition) is 1. The van der Waals surface area contributed by atoms with Gasteiger partial charge in [-0.25, -0.2) is 9.97 Å². The summed E-state index contributed by atoms with van der Waals surface area (Å²) in [6, 6.07) is 12.4. The summed E-state index contributed by atoms with van der Waals surface area (Å²) in [5.74, 6) is 3.58.